The van der Waals surface area contributed by atoms with Crippen molar-refractivity contribution in [3.05, 3.63) is 11.6 Å². The van der Waals surface area contributed by atoms with E-state index in [1.165, 1.54) is 5.57 Å². The van der Waals surface area contributed by atoms with Gasteiger partial charge in [-0.15, -0.1) is 0 Å². The molecule has 21 heavy (non-hydrogen) atoms. The monoisotopic (exact) mass is 288 g/mol. The first-order chi connectivity index (χ1) is 9.92. The van der Waals surface area contributed by atoms with Gasteiger partial charge >= 0.3 is 5.97 Å². The summed E-state index contributed by atoms with van der Waals surface area (Å²) in [7, 11) is 0. The maximum atomic E-state index is 11.9. The summed E-state index contributed by atoms with van der Waals surface area (Å²) in [6.45, 7) is 4.44. The lowest BCUT2D eigenvalue weighted by Gasteiger charge is -2.57. The van der Waals surface area contributed by atoms with Crippen molar-refractivity contribution in [3.8, 4) is 0 Å². The molecule has 0 amide bonds. The van der Waals surface area contributed by atoms with E-state index in [0.29, 0.717) is 36.4 Å². The van der Waals surface area contributed by atoms with Crippen molar-refractivity contribution in [3.63, 3.8) is 0 Å². The number of fused-ring (bicyclic) bond motifs is 5. The molecule has 3 heteroatoms. The van der Waals surface area contributed by atoms with Crippen molar-refractivity contribution in [2.75, 3.05) is 0 Å². The van der Waals surface area contributed by atoms with Crippen LogP contribution in [0, 0.1) is 23.2 Å². The van der Waals surface area contributed by atoms with Crippen LogP contribution < -0.4 is 0 Å². The van der Waals surface area contributed by atoms with E-state index in [1.807, 2.05) is 6.08 Å². The molecule has 0 bridgehead atoms. The predicted molar refractivity (Wildman–Crippen MR) is 78.5 cm³/mol. The molecule has 0 N–H and O–H groups in total. The van der Waals surface area contributed by atoms with Gasteiger partial charge in [0, 0.05) is 18.8 Å². The maximum absolute atomic E-state index is 11.9. The molecule has 3 fully saturated rings. The van der Waals surface area contributed by atoms with Gasteiger partial charge in [0.2, 0.25) is 0 Å². The van der Waals surface area contributed by atoms with Crippen molar-refractivity contribution in [1.29, 1.82) is 0 Å². The Balaban J connectivity index is 1.67. The average molecular weight is 288 g/mol. The second kappa shape index (κ2) is 4.21. The first-order valence-electron chi connectivity index (χ1n) is 8.38. The largest absolute Gasteiger partial charge is 0.459 e. The lowest BCUT2D eigenvalue weighted by molar-refractivity contribution is -0.193. The van der Waals surface area contributed by atoms with Crippen molar-refractivity contribution in [2.45, 2.75) is 64.4 Å². The Bertz CT molecular complexity index is 549. The van der Waals surface area contributed by atoms with Gasteiger partial charge in [0.1, 0.15) is 5.60 Å². The predicted octanol–water partition coefficient (Wildman–Crippen LogP) is 3.42. The van der Waals surface area contributed by atoms with Gasteiger partial charge in [-0.25, -0.2) is 0 Å². The van der Waals surface area contributed by atoms with Crippen LogP contribution in [-0.4, -0.2) is 17.4 Å². The molecule has 0 aromatic carbocycles. The Morgan fingerprint density at radius 1 is 1.10 bits per heavy atom. The summed E-state index contributed by atoms with van der Waals surface area (Å²) >= 11 is 0. The molecule has 4 aliphatic rings. The van der Waals surface area contributed by atoms with Crippen LogP contribution in [-0.2, 0) is 14.3 Å². The summed E-state index contributed by atoms with van der Waals surface area (Å²) in [5.41, 5.74) is 1.23. The number of hydrogen-bond acceptors (Lipinski definition) is 3. The highest BCUT2D eigenvalue weighted by atomic mass is 16.6. The standard InChI is InChI=1S/C18H24O3/c1-17-10-12(19)9-11(17)3-4-13-14(17)7-8-18(2)15(13)5-6-16(20)21-18/h9,13-15H,3-8,10H2,1-2H3. The van der Waals surface area contributed by atoms with Gasteiger partial charge in [-0.3, -0.25) is 9.59 Å². The molecule has 3 aliphatic carbocycles. The number of ether oxygens (including phenoxy) is 1. The summed E-state index contributed by atoms with van der Waals surface area (Å²) < 4.78 is 5.77. The third-order valence-corrected chi connectivity index (χ3v) is 6.95. The molecular formula is C18H24O3. The molecule has 4 rings (SSSR count). The Kier molecular flexibility index (Phi) is 2.71. The maximum Gasteiger partial charge on any atom is 0.306 e. The molecule has 114 valence electrons. The van der Waals surface area contributed by atoms with E-state index in [1.54, 1.807) is 0 Å². The summed E-state index contributed by atoms with van der Waals surface area (Å²) in [6, 6.07) is 0. The summed E-state index contributed by atoms with van der Waals surface area (Å²) in [6.07, 6.45) is 8.44. The van der Waals surface area contributed by atoms with Gasteiger partial charge in [0.15, 0.2) is 5.78 Å². The lowest BCUT2D eigenvalue weighted by atomic mass is 9.50. The third-order valence-electron chi connectivity index (χ3n) is 6.95. The Morgan fingerprint density at radius 3 is 2.71 bits per heavy atom. The van der Waals surface area contributed by atoms with Crippen LogP contribution in [0.3, 0.4) is 0 Å². The molecule has 5 atom stereocenters. The molecule has 3 nitrogen and oxygen atoms in total. The summed E-state index contributed by atoms with van der Waals surface area (Å²) in [4.78, 5) is 23.6. The van der Waals surface area contributed by atoms with Crippen molar-refractivity contribution in [2.24, 2.45) is 23.2 Å². The Hall–Kier alpha value is -1.12. The number of esters is 1. The van der Waals surface area contributed by atoms with Crippen LogP contribution in [0.25, 0.3) is 0 Å². The smallest absolute Gasteiger partial charge is 0.306 e. The van der Waals surface area contributed by atoms with Crippen LogP contribution in [0.2, 0.25) is 0 Å². The number of hydrogen-bond donors (Lipinski definition) is 0. The minimum Gasteiger partial charge on any atom is -0.459 e. The molecule has 2 saturated carbocycles. The van der Waals surface area contributed by atoms with E-state index >= 15 is 0 Å². The lowest BCUT2D eigenvalue weighted by Crippen LogP contribution is -2.56. The minimum absolute atomic E-state index is 0.0224. The van der Waals surface area contributed by atoms with Gasteiger partial charge in [0.05, 0.1) is 0 Å². The zero-order valence-corrected chi connectivity index (χ0v) is 13.0. The third kappa shape index (κ3) is 1.79. The van der Waals surface area contributed by atoms with E-state index in [2.05, 4.69) is 13.8 Å². The highest BCUT2D eigenvalue weighted by Crippen LogP contribution is 2.62. The van der Waals surface area contributed by atoms with Gasteiger partial charge in [-0.1, -0.05) is 12.5 Å². The van der Waals surface area contributed by atoms with E-state index in [-0.39, 0.29) is 17.0 Å². The number of ketones is 1. The second-order valence-electron chi connectivity index (χ2n) is 8.01. The van der Waals surface area contributed by atoms with Gasteiger partial charge in [-0.05, 0) is 62.4 Å². The van der Waals surface area contributed by atoms with Crippen molar-refractivity contribution >= 4 is 11.8 Å². The Morgan fingerprint density at radius 2 is 1.90 bits per heavy atom. The van der Waals surface area contributed by atoms with Gasteiger partial charge < -0.3 is 4.74 Å². The molecule has 0 spiro atoms. The number of allylic oxidation sites excluding steroid dienone is 2. The van der Waals surface area contributed by atoms with E-state index in [0.717, 1.165) is 32.1 Å². The molecule has 1 heterocycles. The summed E-state index contributed by atoms with van der Waals surface area (Å²) in [5.74, 6) is 1.99. The summed E-state index contributed by atoms with van der Waals surface area (Å²) in [5, 5.41) is 0. The van der Waals surface area contributed by atoms with Gasteiger partial charge in [-0.2, -0.15) is 0 Å². The van der Waals surface area contributed by atoms with Crippen LogP contribution in [0.4, 0.5) is 0 Å². The average Bonchev–Trinajstić information content (AvgIpc) is 2.71. The fourth-order valence-corrected chi connectivity index (χ4v) is 5.93. The fourth-order valence-electron chi connectivity index (χ4n) is 5.93. The molecule has 5 unspecified atom stereocenters. The first-order valence-corrected chi connectivity index (χ1v) is 8.38. The van der Waals surface area contributed by atoms with Crippen LogP contribution in [0.1, 0.15) is 58.8 Å². The van der Waals surface area contributed by atoms with Crippen molar-refractivity contribution in [1.82, 2.24) is 0 Å². The van der Waals surface area contributed by atoms with E-state index in [4.69, 9.17) is 4.74 Å². The Labute approximate surface area is 126 Å². The number of carbonyl (C=O) groups excluding carboxylic acids is 2. The SMILES string of the molecule is CC12CCC3C(CCC4=CC(=O)CC43C)C1CCC(=O)O2. The van der Waals surface area contributed by atoms with Crippen LogP contribution >= 0.6 is 0 Å². The fraction of sp³-hybridized carbons (Fsp3) is 0.778. The molecule has 0 aromatic heterocycles. The first kappa shape index (κ1) is 13.5. The second-order valence-corrected chi connectivity index (χ2v) is 8.01. The van der Waals surface area contributed by atoms with Crippen LogP contribution in [0.5, 0.6) is 0 Å². The number of rotatable bonds is 0. The van der Waals surface area contributed by atoms with E-state index in [9.17, 15) is 9.59 Å². The highest BCUT2D eigenvalue weighted by molar-refractivity contribution is 5.94. The molecule has 1 saturated heterocycles. The van der Waals surface area contributed by atoms with Crippen LogP contribution in [0.15, 0.2) is 11.6 Å². The molecular weight excluding hydrogens is 264 g/mol. The zero-order valence-electron chi connectivity index (χ0n) is 13.0. The molecule has 1 aliphatic heterocycles. The topological polar surface area (TPSA) is 43.4 Å². The van der Waals surface area contributed by atoms with E-state index < -0.39 is 0 Å². The van der Waals surface area contributed by atoms with Crippen molar-refractivity contribution < 1.29 is 14.3 Å². The zero-order chi connectivity index (χ0) is 14.8. The normalized spacial score (nSPS) is 48.9. The minimum atomic E-state index is -0.253. The number of carbonyl (C=O) groups is 2. The molecule has 0 aromatic rings. The quantitative estimate of drug-likeness (QED) is 0.641. The molecule has 0 radical (unpaired) electrons. The highest BCUT2D eigenvalue weighted by Gasteiger charge is 2.58. The van der Waals surface area contributed by atoms with Gasteiger partial charge in [0.25, 0.3) is 0 Å².